The highest BCUT2D eigenvalue weighted by atomic mass is 19.1. The van der Waals surface area contributed by atoms with Crippen LogP contribution in [-0.2, 0) is 11.3 Å². The fraction of sp³-hybridized carbons (Fsp3) is 0.381. The molecule has 3 rings (SSSR count). The number of amides is 1. The maximum absolute atomic E-state index is 13.3. The van der Waals surface area contributed by atoms with Crippen molar-refractivity contribution in [3.63, 3.8) is 0 Å². The van der Waals surface area contributed by atoms with E-state index in [1.807, 2.05) is 24.3 Å². The zero-order valence-corrected chi connectivity index (χ0v) is 15.9. The van der Waals surface area contributed by atoms with E-state index in [1.54, 1.807) is 25.1 Å². The Hall–Kier alpha value is -2.60. The monoisotopic (exact) mass is 371 g/mol. The summed E-state index contributed by atoms with van der Waals surface area (Å²) in [6.45, 7) is 4.20. The second-order valence-corrected chi connectivity index (χ2v) is 6.84. The molecular weight excluding hydrogens is 345 g/mol. The fourth-order valence-corrected chi connectivity index (χ4v) is 3.28. The summed E-state index contributed by atoms with van der Waals surface area (Å²) in [7, 11) is 3.43. The number of anilines is 1. The Balaban J connectivity index is 1.48. The first-order chi connectivity index (χ1) is 13.0. The van der Waals surface area contributed by atoms with Crippen molar-refractivity contribution >= 4 is 11.6 Å². The zero-order chi connectivity index (χ0) is 19.2. The summed E-state index contributed by atoms with van der Waals surface area (Å²) in [5, 5.41) is 0. The van der Waals surface area contributed by atoms with E-state index in [4.69, 9.17) is 4.74 Å². The van der Waals surface area contributed by atoms with E-state index >= 15 is 0 Å². The maximum atomic E-state index is 13.3. The van der Waals surface area contributed by atoms with Crippen molar-refractivity contribution in [1.82, 2.24) is 9.80 Å². The predicted octanol–water partition coefficient (Wildman–Crippen LogP) is 2.61. The second kappa shape index (κ2) is 8.86. The summed E-state index contributed by atoms with van der Waals surface area (Å²) < 4.78 is 18.6. The van der Waals surface area contributed by atoms with Gasteiger partial charge in [0, 0.05) is 51.5 Å². The molecule has 0 bridgehead atoms. The molecule has 27 heavy (non-hydrogen) atoms. The lowest BCUT2D eigenvalue weighted by Gasteiger charge is -2.36. The summed E-state index contributed by atoms with van der Waals surface area (Å²) in [6, 6.07) is 14.4. The number of likely N-dealkylation sites (N-methyl/N-ethyl adjacent to an activating group) is 1. The number of halogens is 1. The number of piperazine rings is 1. The molecule has 6 heteroatoms. The lowest BCUT2D eigenvalue weighted by Crippen LogP contribution is -2.49. The zero-order valence-electron chi connectivity index (χ0n) is 15.9. The summed E-state index contributed by atoms with van der Waals surface area (Å²) in [5.74, 6) is 0.625. The molecule has 5 nitrogen and oxygen atoms in total. The Morgan fingerprint density at radius 2 is 1.85 bits per heavy atom. The van der Waals surface area contributed by atoms with Crippen LogP contribution in [0.25, 0.3) is 0 Å². The average molecular weight is 371 g/mol. The van der Waals surface area contributed by atoms with Crippen molar-refractivity contribution in [2.24, 2.45) is 0 Å². The highest BCUT2D eigenvalue weighted by Crippen LogP contribution is 2.22. The predicted molar refractivity (Wildman–Crippen MR) is 105 cm³/mol. The number of carbonyl (C=O) groups is 1. The van der Waals surface area contributed by atoms with Gasteiger partial charge in [-0.1, -0.05) is 18.2 Å². The van der Waals surface area contributed by atoms with Crippen molar-refractivity contribution in [2.45, 2.75) is 6.54 Å². The van der Waals surface area contributed by atoms with Gasteiger partial charge in [0.2, 0.25) is 5.91 Å². The Kier molecular flexibility index (Phi) is 6.29. The molecule has 0 radical (unpaired) electrons. The number of rotatable bonds is 6. The molecule has 1 saturated heterocycles. The number of hydrogen-bond acceptors (Lipinski definition) is 4. The molecule has 0 aliphatic carbocycles. The van der Waals surface area contributed by atoms with Gasteiger partial charge in [0.15, 0.2) is 0 Å². The maximum Gasteiger partial charge on any atom is 0.236 e. The summed E-state index contributed by atoms with van der Waals surface area (Å²) in [5.41, 5.74) is 1.94. The molecule has 1 aliphatic rings. The Labute approximate surface area is 159 Å². The Bertz CT molecular complexity index is 776. The Morgan fingerprint density at radius 1 is 1.11 bits per heavy atom. The van der Waals surface area contributed by atoms with Gasteiger partial charge in [-0.05, 0) is 29.8 Å². The number of methoxy groups -OCH3 is 1. The largest absolute Gasteiger partial charge is 0.497 e. The van der Waals surface area contributed by atoms with Crippen LogP contribution in [-0.4, -0.2) is 62.6 Å². The van der Waals surface area contributed by atoms with Gasteiger partial charge in [0.25, 0.3) is 0 Å². The third-order valence-electron chi connectivity index (χ3n) is 4.88. The van der Waals surface area contributed by atoms with Gasteiger partial charge in [-0.25, -0.2) is 4.39 Å². The molecule has 1 aliphatic heterocycles. The molecular formula is C21H26FN3O2. The minimum absolute atomic E-state index is 0.0501. The van der Waals surface area contributed by atoms with Crippen LogP contribution in [0.15, 0.2) is 48.5 Å². The number of nitrogens with zero attached hydrogens (tertiary/aromatic N) is 3. The fourth-order valence-electron chi connectivity index (χ4n) is 3.28. The van der Waals surface area contributed by atoms with Crippen LogP contribution in [0.4, 0.5) is 10.1 Å². The van der Waals surface area contributed by atoms with Crippen molar-refractivity contribution in [2.75, 3.05) is 51.8 Å². The quantitative estimate of drug-likeness (QED) is 0.782. The molecule has 1 heterocycles. The number of ether oxygens (including phenoxy) is 1. The van der Waals surface area contributed by atoms with E-state index in [0.29, 0.717) is 13.1 Å². The minimum Gasteiger partial charge on any atom is -0.497 e. The van der Waals surface area contributed by atoms with Gasteiger partial charge in [-0.15, -0.1) is 0 Å². The minimum atomic E-state index is -0.276. The van der Waals surface area contributed by atoms with Crippen molar-refractivity contribution in [3.8, 4) is 5.75 Å². The second-order valence-electron chi connectivity index (χ2n) is 6.84. The van der Waals surface area contributed by atoms with E-state index in [-0.39, 0.29) is 11.7 Å². The molecule has 0 atom stereocenters. The van der Waals surface area contributed by atoms with E-state index in [9.17, 15) is 9.18 Å². The van der Waals surface area contributed by atoms with Gasteiger partial charge in [0.05, 0.1) is 13.7 Å². The standard InChI is InChI=1S/C21H26FN3O2/c1-23(15-17-5-3-6-18(22)13-17)21(26)16-24-9-11-25(12-10-24)19-7-4-8-20(14-19)27-2/h3-8,13-14H,9-12,15-16H2,1-2H3. The highest BCUT2D eigenvalue weighted by Gasteiger charge is 2.21. The summed E-state index contributed by atoms with van der Waals surface area (Å²) in [4.78, 5) is 18.6. The van der Waals surface area contributed by atoms with Crippen LogP contribution in [0, 0.1) is 5.82 Å². The van der Waals surface area contributed by atoms with Crippen LogP contribution in [0.3, 0.4) is 0 Å². The normalized spacial score (nSPS) is 14.9. The molecule has 0 saturated carbocycles. The van der Waals surface area contributed by atoms with Crippen LogP contribution in [0.2, 0.25) is 0 Å². The average Bonchev–Trinajstić information content (AvgIpc) is 2.68. The van der Waals surface area contributed by atoms with Crippen LogP contribution < -0.4 is 9.64 Å². The Morgan fingerprint density at radius 3 is 2.56 bits per heavy atom. The first-order valence-corrected chi connectivity index (χ1v) is 9.15. The number of carbonyl (C=O) groups excluding carboxylic acids is 1. The lowest BCUT2D eigenvalue weighted by molar-refractivity contribution is -0.131. The first kappa shape index (κ1) is 19.2. The molecule has 0 aromatic heterocycles. The molecule has 0 N–H and O–H groups in total. The summed E-state index contributed by atoms with van der Waals surface area (Å²) >= 11 is 0. The molecule has 0 spiro atoms. The molecule has 2 aromatic carbocycles. The van der Waals surface area contributed by atoms with Crippen LogP contribution in [0.5, 0.6) is 5.75 Å². The molecule has 1 fully saturated rings. The molecule has 1 amide bonds. The van der Waals surface area contributed by atoms with E-state index in [2.05, 4.69) is 15.9 Å². The smallest absolute Gasteiger partial charge is 0.236 e. The van der Waals surface area contributed by atoms with Gasteiger partial charge >= 0.3 is 0 Å². The lowest BCUT2D eigenvalue weighted by atomic mass is 10.2. The van der Waals surface area contributed by atoms with Crippen LogP contribution >= 0.6 is 0 Å². The summed E-state index contributed by atoms with van der Waals surface area (Å²) in [6.07, 6.45) is 0. The topological polar surface area (TPSA) is 36.0 Å². The van der Waals surface area contributed by atoms with E-state index in [0.717, 1.165) is 43.2 Å². The third-order valence-corrected chi connectivity index (χ3v) is 4.88. The van der Waals surface area contributed by atoms with E-state index in [1.165, 1.54) is 12.1 Å². The third kappa shape index (κ3) is 5.20. The van der Waals surface area contributed by atoms with Gasteiger partial charge < -0.3 is 14.5 Å². The van der Waals surface area contributed by atoms with Gasteiger partial charge in [0.1, 0.15) is 11.6 Å². The first-order valence-electron chi connectivity index (χ1n) is 9.15. The number of hydrogen-bond donors (Lipinski definition) is 0. The molecule has 2 aromatic rings. The van der Waals surface area contributed by atoms with Gasteiger partial charge in [-0.3, -0.25) is 9.69 Å². The van der Waals surface area contributed by atoms with E-state index < -0.39 is 0 Å². The van der Waals surface area contributed by atoms with Crippen molar-refractivity contribution in [3.05, 3.63) is 59.9 Å². The SMILES string of the molecule is COc1cccc(N2CCN(CC(=O)N(C)Cc3cccc(F)c3)CC2)c1. The van der Waals surface area contributed by atoms with Crippen LogP contribution in [0.1, 0.15) is 5.56 Å². The highest BCUT2D eigenvalue weighted by molar-refractivity contribution is 5.78. The number of benzene rings is 2. The molecule has 144 valence electrons. The van der Waals surface area contributed by atoms with Crippen molar-refractivity contribution in [1.29, 1.82) is 0 Å². The van der Waals surface area contributed by atoms with Gasteiger partial charge in [-0.2, -0.15) is 0 Å². The molecule has 0 unspecified atom stereocenters. The van der Waals surface area contributed by atoms with Crippen molar-refractivity contribution < 1.29 is 13.9 Å².